The van der Waals surface area contributed by atoms with Gasteiger partial charge in [-0.05, 0) is 12.9 Å². The second kappa shape index (κ2) is 2.66. The van der Waals surface area contributed by atoms with Crippen molar-refractivity contribution in [3.8, 4) is 0 Å². The molecule has 0 amide bonds. The van der Waals surface area contributed by atoms with Crippen LogP contribution in [0.25, 0.3) is 0 Å². The summed E-state index contributed by atoms with van der Waals surface area (Å²) >= 11 is 0. The second-order valence-corrected chi connectivity index (χ2v) is 2.80. The van der Waals surface area contributed by atoms with Crippen LogP contribution in [0.4, 0.5) is 0 Å². The first-order valence-corrected chi connectivity index (χ1v) is 3.81. The Kier molecular flexibility index (Phi) is 1.05. The zero-order chi connectivity index (χ0) is 11.9. The van der Waals surface area contributed by atoms with Gasteiger partial charge in [-0.15, -0.1) is 0 Å². The van der Waals surface area contributed by atoms with Gasteiger partial charge in [-0.2, -0.15) is 0 Å². The molecule has 0 unspecified atom stereocenters. The first kappa shape index (κ1) is 5.12. The van der Waals surface area contributed by atoms with Gasteiger partial charge in [0.1, 0.15) is 0 Å². The Hall–Kier alpha value is -1.70. The third-order valence-electron chi connectivity index (χ3n) is 1.96. The van der Waals surface area contributed by atoms with Crippen LogP contribution in [0.1, 0.15) is 31.7 Å². The van der Waals surface area contributed by atoms with Crippen molar-refractivity contribution in [2.24, 2.45) is 0 Å². The summed E-state index contributed by atoms with van der Waals surface area (Å²) in [4.78, 5) is 23.4. The first-order chi connectivity index (χ1) is 7.41. The SMILES string of the molecule is [2H]C([2H])([2H])C1=CC(=O)c2ccccc2C1=O. The van der Waals surface area contributed by atoms with E-state index in [2.05, 4.69) is 0 Å². The van der Waals surface area contributed by atoms with Crippen LogP contribution in [0.5, 0.6) is 0 Å². The number of hydrogen-bond donors (Lipinski definition) is 0. The van der Waals surface area contributed by atoms with Crippen LogP contribution in [-0.4, -0.2) is 11.6 Å². The van der Waals surface area contributed by atoms with Crippen LogP contribution in [0, 0.1) is 0 Å². The molecule has 0 fully saturated rings. The topological polar surface area (TPSA) is 34.1 Å². The van der Waals surface area contributed by atoms with Gasteiger partial charge in [-0.25, -0.2) is 0 Å². The van der Waals surface area contributed by atoms with Crippen LogP contribution >= 0.6 is 0 Å². The molecule has 0 bridgehead atoms. The normalized spacial score (nSPS) is 19.7. The highest BCUT2D eigenvalue weighted by Gasteiger charge is 2.21. The Morgan fingerprint density at radius 3 is 2.54 bits per heavy atom. The Morgan fingerprint density at radius 1 is 1.15 bits per heavy atom. The van der Waals surface area contributed by atoms with E-state index in [0.717, 1.165) is 6.08 Å². The van der Waals surface area contributed by atoms with E-state index >= 15 is 0 Å². The fourth-order valence-electron chi connectivity index (χ4n) is 1.32. The summed E-state index contributed by atoms with van der Waals surface area (Å²) in [6.45, 7) is -2.54. The predicted octanol–water partition coefficient (Wildman–Crippen LogP) is 2.01. The van der Waals surface area contributed by atoms with Crippen molar-refractivity contribution in [1.82, 2.24) is 0 Å². The lowest BCUT2D eigenvalue weighted by atomic mass is 9.90. The third kappa shape index (κ3) is 1.11. The van der Waals surface area contributed by atoms with Crippen LogP contribution in [0.15, 0.2) is 35.9 Å². The number of Topliss-reactive ketones (excluding diaryl/α,β-unsaturated/α-hetero) is 1. The predicted molar refractivity (Wildman–Crippen MR) is 48.9 cm³/mol. The molecule has 1 aromatic rings. The molecule has 1 aromatic carbocycles. The number of allylic oxidation sites excluding steroid dienone is 2. The maximum atomic E-state index is 11.8. The summed E-state index contributed by atoms with van der Waals surface area (Å²) < 4.78 is 21.5. The van der Waals surface area contributed by atoms with Crippen molar-refractivity contribution in [3.05, 3.63) is 47.0 Å². The van der Waals surface area contributed by atoms with Crippen molar-refractivity contribution in [1.29, 1.82) is 0 Å². The average Bonchev–Trinajstić information content (AvgIpc) is 2.22. The molecule has 0 N–H and O–H groups in total. The second-order valence-electron chi connectivity index (χ2n) is 2.80. The van der Waals surface area contributed by atoms with Crippen LogP contribution < -0.4 is 0 Å². The molecule has 0 saturated heterocycles. The number of benzene rings is 1. The summed E-state index contributed by atoms with van der Waals surface area (Å²) in [5.41, 5.74) is 0.0258. The number of ketones is 2. The van der Waals surface area contributed by atoms with Gasteiger partial charge in [0.25, 0.3) is 0 Å². The molecule has 0 saturated carbocycles. The van der Waals surface area contributed by atoms with Gasteiger partial charge in [0.15, 0.2) is 11.6 Å². The van der Waals surface area contributed by atoms with Gasteiger partial charge < -0.3 is 0 Å². The van der Waals surface area contributed by atoms with Crippen molar-refractivity contribution >= 4 is 11.6 Å². The molecule has 0 radical (unpaired) electrons. The zero-order valence-electron chi connectivity index (χ0n) is 9.70. The highest BCUT2D eigenvalue weighted by Crippen LogP contribution is 2.20. The molecule has 2 heteroatoms. The summed E-state index contributed by atoms with van der Waals surface area (Å²) in [6, 6.07) is 6.22. The van der Waals surface area contributed by atoms with E-state index in [1.807, 2.05) is 0 Å². The molecule has 0 spiro atoms. The Labute approximate surface area is 80.1 Å². The monoisotopic (exact) mass is 175 g/mol. The van der Waals surface area contributed by atoms with Crippen molar-refractivity contribution in [2.45, 2.75) is 6.85 Å². The molecule has 0 aliphatic heterocycles. The van der Waals surface area contributed by atoms with E-state index in [4.69, 9.17) is 4.11 Å². The highest BCUT2D eigenvalue weighted by atomic mass is 16.1. The van der Waals surface area contributed by atoms with E-state index < -0.39 is 24.0 Å². The minimum absolute atomic E-state index is 0.168. The zero-order valence-corrected chi connectivity index (χ0v) is 6.70. The Balaban J connectivity index is 2.61. The molecule has 0 atom stereocenters. The number of carbonyl (C=O) groups is 2. The quantitative estimate of drug-likeness (QED) is 0.604. The van der Waals surface area contributed by atoms with Crippen molar-refractivity contribution in [3.63, 3.8) is 0 Å². The number of fused-ring (bicyclic) bond motifs is 1. The lowest BCUT2D eigenvalue weighted by Crippen LogP contribution is -2.14. The number of carbonyl (C=O) groups excluding carboxylic acids is 2. The molecule has 2 rings (SSSR count). The van der Waals surface area contributed by atoms with Gasteiger partial charge in [0.2, 0.25) is 0 Å². The van der Waals surface area contributed by atoms with Gasteiger partial charge in [-0.3, -0.25) is 9.59 Å². The Bertz CT molecular complexity index is 512. The average molecular weight is 175 g/mol. The van der Waals surface area contributed by atoms with Crippen LogP contribution in [0.3, 0.4) is 0 Å². The fourth-order valence-corrected chi connectivity index (χ4v) is 1.32. The molecular weight excluding hydrogens is 164 g/mol. The van der Waals surface area contributed by atoms with E-state index in [1.54, 1.807) is 12.1 Å². The molecule has 13 heavy (non-hydrogen) atoms. The maximum Gasteiger partial charge on any atom is 0.189 e. The summed E-state index contributed by atoms with van der Waals surface area (Å²) in [5, 5.41) is 0. The molecule has 1 aliphatic rings. The molecule has 0 aromatic heterocycles. The van der Waals surface area contributed by atoms with E-state index in [1.165, 1.54) is 12.1 Å². The minimum atomic E-state index is -2.54. The van der Waals surface area contributed by atoms with Gasteiger partial charge >= 0.3 is 0 Å². The fraction of sp³-hybridized carbons (Fsp3) is 0.0909. The van der Waals surface area contributed by atoms with Crippen molar-refractivity contribution in [2.75, 3.05) is 0 Å². The van der Waals surface area contributed by atoms with Gasteiger partial charge in [0, 0.05) is 20.8 Å². The van der Waals surface area contributed by atoms with Crippen molar-refractivity contribution < 1.29 is 13.7 Å². The van der Waals surface area contributed by atoms with Crippen LogP contribution in [-0.2, 0) is 0 Å². The summed E-state index contributed by atoms with van der Waals surface area (Å²) in [6.07, 6.45) is 0.914. The summed E-state index contributed by atoms with van der Waals surface area (Å²) in [5.74, 6) is -1.02. The van der Waals surface area contributed by atoms with E-state index in [9.17, 15) is 9.59 Å². The number of rotatable bonds is 0. The van der Waals surface area contributed by atoms with Gasteiger partial charge in [0.05, 0.1) is 0 Å². The molecule has 1 aliphatic carbocycles. The first-order valence-electron chi connectivity index (χ1n) is 5.31. The third-order valence-corrected chi connectivity index (χ3v) is 1.96. The Morgan fingerprint density at radius 2 is 1.85 bits per heavy atom. The largest absolute Gasteiger partial charge is 0.289 e. The molecule has 0 heterocycles. The summed E-state index contributed by atoms with van der Waals surface area (Å²) in [7, 11) is 0. The molecule has 64 valence electrons. The number of hydrogen-bond acceptors (Lipinski definition) is 2. The standard InChI is InChI=1S/C11H8O2/c1-7-6-10(12)8-4-2-3-5-9(8)11(7)13/h2-6H,1H3/i1D3. The van der Waals surface area contributed by atoms with E-state index in [-0.39, 0.29) is 11.1 Å². The lowest BCUT2D eigenvalue weighted by molar-refractivity contribution is 0.0984. The molecular formula is C11H8O2. The smallest absolute Gasteiger partial charge is 0.189 e. The lowest BCUT2D eigenvalue weighted by Gasteiger charge is -2.11. The van der Waals surface area contributed by atoms with Crippen LogP contribution in [0.2, 0.25) is 0 Å². The van der Waals surface area contributed by atoms with Gasteiger partial charge in [-0.1, -0.05) is 24.3 Å². The minimum Gasteiger partial charge on any atom is -0.289 e. The highest BCUT2D eigenvalue weighted by molar-refractivity contribution is 6.24. The molecule has 2 nitrogen and oxygen atoms in total. The maximum absolute atomic E-state index is 11.8. The van der Waals surface area contributed by atoms with E-state index in [0.29, 0.717) is 0 Å².